The maximum atomic E-state index is 9.60. The van der Waals surface area contributed by atoms with E-state index >= 15 is 0 Å². The zero-order chi connectivity index (χ0) is 4.99. The molecule has 52 valence electrons. The Kier molecular flexibility index (Phi) is 19.3. The molecule has 0 atom stereocenters. The zero-order valence-corrected chi connectivity index (χ0v) is 5.49. The lowest BCUT2D eigenvalue weighted by Gasteiger charge is -1.79. The van der Waals surface area contributed by atoms with Gasteiger partial charge in [0.25, 0.3) is 0 Å². The van der Waals surface area contributed by atoms with Gasteiger partial charge < -0.3 is 10.6 Å². The van der Waals surface area contributed by atoms with Crippen LogP contribution in [0.5, 0.6) is 0 Å². The number of carbonyl (C=O) groups is 1. The van der Waals surface area contributed by atoms with Crippen molar-refractivity contribution in [1.82, 2.24) is 0 Å². The second kappa shape index (κ2) is 9.87. The highest BCUT2D eigenvalue weighted by atomic mass is 35.5. The molecular formula is C4H11ClO3. The Labute approximate surface area is 54.4 Å². The lowest BCUT2D eigenvalue weighted by atomic mass is 10.4. The summed E-state index contributed by atoms with van der Waals surface area (Å²) >= 11 is 0. The molecule has 0 fully saturated rings. The summed E-state index contributed by atoms with van der Waals surface area (Å²) in [7, 11) is 0. The highest BCUT2D eigenvalue weighted by Crippen LogP contribution is 1.82. The normalized spacial score (nSPS) is 6.12. The van der Waals surface area contributed by atoms with Crippen LogP contribution in [0.1, 0.15) is 19.8 Å². The molecule has 0 bridgehead atoms. The summed E-state index contributed by atoms with van der Waals surface area (Å²) in [4.78, 5) is 9.60. The number of halogens is 1. The Morgan fingerprint density at radius 3 is 2.00 bits per heavy atom. The zero-order valence-electron chi connectivity index (χ0n) is 4.68. The van der Waals surface area contributed by atoms with E-state index in [-0.39, 0.29) is 17.9 Å². The Bertz CT molecular complexity index is 55.2. The standard InChI is InChI=1S/C4H8O2.ClH.H2O/c1-2-3-4(5)6;;/h2-3H2,1H3,(H,5,6);1H;1H2. The molecule has 4 heteroatoms. The van der Waals surface area contributed by atoms with Crippen molar-refractivity contribution >= 4 is 18.4 Å². The van der Waals surface area contributed by atoms with Crippen molar-refractivity contribution < 1.29 is 15.4 Å². The third-order valence-electron chi connectivity index (χ3n) is 0.464. The molecule has 0 saturated carbocycles. The first-order valence-electron chi connectivity index (χ1n) is 1.99. The van der Waals surface area contributed by atoms with Crippen LogP contribution in [0.3, 0.4) is 0 Å². The van der Waals surface area contributed by atoms with Crippen molar-refractivity contribution in [3.8, 4) is 0 Å². The summed E-state index contributed by atoms with van der Waals surface area (Å²) in [6.07, 6.45) is 1.02. The van der Waals surface area contributed by atoms with Crippen LogP contribution in [0.25, 0.3) is 0 Å². The van der Waals surface area contributed by atoms with Crippen LogP contribution >= 0.6 is 12.4 Å². The molecule has 0 saturated heterocycles. The molecule has 3 nitrogen and oxygen atoms in total. The minimum absolute atomic E-state index is 0. The molecule has 0 spiro atoms. The van der Waals surface area contributed by atoms with Gasteiger partial charge >= 0.3 is 5.97 Å². The third-order valence-corrected chi connectivity index (χ3v) is 0.464. The van der Waals surface area contributed by atoms with Crippen LogP contribution in [0.4, 0.5) is 0 Å². The van der Waals surface area contributed by atoms with E-state index in [1.54, 1.807) is 0 Å². The average molecular weight is 143 g/mol. The van der Waals surface area contributed by atoms with Crippen molar-refractivity contribution in [2.24, 2.45) is 0 Å². The van der Waals surface area contributed by atoms with Crippen LogP contribution in [-0.2, 0) is 4.79 Å². The fourth-order valence-electron chi connectivity index (χ4n) is 0.214. The molecule has 0 radical (unpaired) electrons. The Hall–Kier alpha value is -0.280. The van der Waals surface area contributed by atoms with Crippen LogP contribution in [-0.4, -0.2) is 16.6 Å². The van der Waals surface area contributed by atoms with Crippen molar-refractivity contribution in [2.75, 3.05) is 0 Å². The Balaban J connectivity index is -0.000000125. The minimum atomic E-state index is -0.711. The van der Waals surface area contributed by atoms with E-state index in [1.165, 1.54) is 0 Å². The van der Waals surface area contributed by atoms with Gasteiger partial charge in [-0.15, -0.1) is 12.4 Å². The van der Waals surface area contributed by atoms with E-state index in [2.05, 4.69) is 0 Å². The number of hydrogen-bond acceptors (Lipinski definition) is 1. The SMILES string of the molecule is CCCC(=O)O.Cl.O. The predicted molar refractivity (Wildman–Crippen MR) is 33.4 cm³/mol. The van der Waals surface area contributed by atoms with Gasteiger partial charge in [-0.05, 0) is 6.42 Å². The van der Waals surface area contributed by atoms with Crippen LogP contribution in [0, 0.1) is 0 Å². The van der Waals surface area contributed by atoms with Gasteiger partial charge in [0.15, 0.2) is 0 Å². The number of rotatable bonds is 2. The van der Waals surface area contributed by atoms with E-state index in [0.29, 0.717) is 6.42 Å². The molecule has 0 unspecified atom stereocenters. The molecule has 0 aromatic heterocycles. The lowest BCUT2D eigenvalue weighted by molar-refractivity contribution is -0.137. The van der Waals surface area contributed by atoms with Crippen LogP contribution < -0.4 is 0 Å². The molecule has 0 rings (SSSR count). The van der Waals surface area contributed by atoms with Crippen molar-refractivity contribution in [2.45, 2.75) is 19.8 Å². The lowest BCUT2D eigenvalue weighted by Crippen LogP contribution is -1.90. The minimum Gasteiger partial charge on any atom is -0.481 e. The van der Waals surface area contributed by atoms with Crippen LogP contribution in [0.2, 0.25) is 0 Å². The Morgan fingerprint density at radius 2 is 2.00 bits per heavy atom. The summed E-state index contributed by atoms with van der Waals surface area (Å²) < 4.78 is 0. The molecular weight excluding hydrogens is 131 g/mol. The van der Waals surface area contributed by atoms with Crippen molar-refractivity contribution in [1.29, 1.82) is 0 Å². The van der Waals surface area contributed by atoms with E-state index in [4.69, 9.17) is 5.11 Å². The van der Waals surface area contributed by atoms with E-state index < -0.39 is 5.97 Å². The summed E-state index contributed by atoms with van der Waals surface area (Å²) in [6, 6.07) is 0. The monoisotopic (exact) mass is 142 g/mol. The first-order valence-corrected chi connectivity index (χ1v) is 1.99. The first-order chi connectivity index (χ1) is 2.77. The fraction of sp³-hybridized carbons (Fsp3) is 0.750. The Morgan fingerprint density at radius 1 is 1.62 bits per heavy atom. The molecule has 0 heterocycles. The number of carboxylic acid groups (broad SMARTS) is 1. The number of hydrogen-bond donors (Lipinski definition) is 1. The quantitative estimate of drug-likeness (QED) is 0.609. The van der Waals surface area contributed by atoms with E-state index in [0.717, 1.165) is 6.42 Å². The van der Waals surface area contributed by atoms with Gasteiger partial charge in [0, 0.05) is 6.42 Å². The maximum absolute atomic E-state index is 9.60. The molecule has 0 aliphatic heterocycles. The number of carboxylic acids is 1. The van der Waals surface area contributed by atoms with Gasteiger partial charge in [-0.25, -0.2) is 0 Å². The van der Waals surface area contributed by atoms with Gasteiger partial charge in [-0.2, -0.15) is 0 Å². The van der Waals surface area contributed by atoms with Gasteiger partial charge in [0.2, 0.25) is 0 Å². The highest BCUT2D eigenvalue weighted by Gasteiger charge is 1.87. The summed E-state index contributed by atoms with van der Waals surface area (Å²) in [5, 5.41) is 7.91. The first kappa shape index (κ1) is 15.6. The number of aliphatic carboxylic acids is 1. The second-order valence-corrected chi connectivity index (χ2v) is 1.14. The van der Waals surface area contributed by atoms with E-state index in [9.17, 15) is 4.79 Å². The molecule has 0 aromatic carbocycles. The fourth-order valence-corrected chi connectivity index (χ4v) is 0.214. The highest BCUT2D eigenvalue weighted by molar-refractivity contribution is 5.85. The summed E-state index contributed by atoms with van der Waals surface area (Å²) in [6.45, 7) is 1.84. The molecule has 8 heavy (non-hydrogen) atoms. The summed E-state index contributed by atoms with van der Waals surface area (Å²) in [5.41, 5.74) is 0. The third kappa shape index (κ3) is 17.2. The smallest absolute Gasteiger partial charge is 0.303 e. The van der Waals surface area contributed by atoms with Gasteiger partial charge in [0.05, 0.1) is 0 Å². The second-order valence-electron chi connectivity index (χ2n) is 1.14. The van der Waals surface area contributed by atoms with Gasteiger partial charge in [0.1, 0.15) is 0 Å². The average Bonchev–Trinajstić information content (AvgIpc) is 1.35. The maximum Gasteiger partial charge on any atom is 0.303 e. The van der Waals surface area contributed by atoms with Crippen molar-refractivity contribution in [3.05, 3.63) is 0 Å². The molecule has 0 amide bonds. The van der Waals surface area contributed by atoms with Crippen LogP contribution in [0.15, 0.2) is 0 Å². The van der Waals surface area contributed by atoms with E-state index in [1.807, 2.05) is 6.92 Å². The van der Waals surface area contributed by atoms with Gasteiger partial charge in [-0.3, -0.25) is 4.79 Å². The van der Waals surface area contributed by atoms with Crippen molar-refractivity contribution in [3.63, 3.8) is 0 Å². The molecule has 0 aromatic rings. The topological polar surface area (TPSA) is 68.8 Å². The van der Waals surface area contributed by atoms with Gasteiger partial charge in [-0.1, -0.05) is 6.92 Å². The molecule has 0 aliphatic rings. The molecule has 0 aliphatic carbocycles. The largest absolute Gasteiger partial charge is 0.481 e. The molecule has 3 N–H and O–H groups in total. The summed E-state index contributed by atoms with van der Waals surface area (Å²) in [5.74, 6) is -0.711. The predicted octanol–water partition coefficient (Wildman–Crippen LogP) is 0.468.